The highest BCUT2D eigenvalue weighted by atomic mass is 32.2. The van der Waals surface area contributed by atoms with Crippen LogP contribution in [-0.2, 0) is 26.0 Å². The van der Waals surface area contributed by atoms with Crippen LogP contribution in [0.15, 0.2) is 41.8 Å². The number of aryl methyl sites for hydroxylation is 2. The Balaban J connectivity index is 1.75. The van der Waals surface area contributed by atoms with Crippen LogP contribution in [0, 0.1) is 20.8 Å². The molecule has 1 saturated heterocycles. The van der Waals surface area contributed by atoms with Crippen LogP contribution in [0.3, 0.4) is 0 Å². The predicted molar refractivity (Wildman–Crippen MR) is 119 cm³/mol. The van der Waals surface area contributed by atoms with E-state index in [-0.39, 0.29) is 29.3 Å². The lowest BCUT2D eigenvalue weighted by atomic mass is 10.1. The molecule has 172 valence electrons. The first-order valence-electron chi connectivity index (χ1n) is 10.3. The van der Waals surface area contributed by atoms with E-state index in [4.69, 9.17) is 9.47 Å². The van der Waals surface area contributed by atoms with Gasteiger partial charge in [-0.15, -0.1) is 6.58 Å². The van der Waals surface area contributed by atoms with Crippen molar-refractivity contribution in [2.75, 3.05) is 32.9 Å². The first-order valence-corrected chi connectivity index (χ1v) is 11.8. The van der Waals surface area contributed by atoms with E-state index >= 15 is 0 Å². The molecule has 0 aliphatic carbocycles. The highest BCUT2D eigenvalue weighted by Gasteiger charge is 2.28. The summed E-state index contributed by atoms with van der Waals surface area (Å²) in [7, 11) is -3.75. The van der Waals surface area contributed by atoms with Crippen LogP contribution in [0.5, 0.6) is 0 Å². The van der Waals surface area contributed by atoms with Gasteiger partial charge in [-0.1, -0.05) is 12.1 Å². The molecule has 1 aromatic carbocycles. The molecule has 9 heteroatoms. The Bertz CT molecular complexity index is 1140. The number of carbonyl (C=O) groups excluding carboxylic acids is 2. The summed E-state index contributed by atoms with van der Waals surface area (Å²) in [6, 6.07) is 6.10. The molecule has 8 nitrogen and oxygen atoms in total. The van der Waals surface area contributed by atoms with E-state index in [1.807, 2.05) is 18.4 Å². The lowest BCUT2D eigenvalue weighted by Crippen LogP contribution is -2.40. The zero-order valence-electron chi connectivity index (χ0n) is 18.6. The standard InChI is InChI=1S/C23H28N2O6S/c1-5-8-25-17(3)13-21(18(25)4)22(26)15-31-23(27)20-14-19(7-6-16(20)2)32(28,29)24-9-11-30-12-10-24/h5-7,13-14H,1,8-12,15H2,2-4H3. The Hall–Kier alpha value is -2.75. The molecule has 0 spiro atoms. The summed E-state index contributed by atoms with van der Waals surface area (Å²) in [5, 5.41) is 0. The van der Waals surface area contributed by atoms with Crippen molar-refractivity contribution in [3.05, 3.63) is 65.0 Å². The Morgan fingerprint density at radius 1 is 1.12 bits per heavy atom. The number of sulfonamides is 1. The number of carbonyl (C=O) groups is 2. The van der Waals surface area contributed by atoms with E-state index in [1.165, 1.54) is 16.4 Å². The number of ether oxygens (including phenoxy) is 2. The number of Topliss-reactive ketones (excluding diaryl/α,β-unsaturated/α-hetero) is 1. The van der Waals surface area contributed by atoms with Crippen molar-refractivity contribution in [2.45, 2.75) is 32.2 Å². The number of hydrogen-bond acceptors (Lipinski definition) is 6. The van der Waals surface area contributed by atoms with Gasteiger partial charge in [0.25, 0.3) is 0 Å². The normalized spacial score (nSPS) is 14.8. The summed E-state index contributed by atoms with van der Waals surface area (Å²) in [6.45, 7) is 10.4. The molecule has 0 saturated carbocycles. The van der Waals surface area contributed by atoms with Crippen molar-refractivity contribution in [1.82, 2.24) is 8.87 Å². The number of ketones is 1. The third-order valence-electron chi connectivity index (χ3n) is 5.56. The zero-order chi connectivity index (χ0) is 23.5. The van der Waals surface area contributed by atoms with Crippen LogP contribution in [0.4, 0.5) is 0 Å². The average molecular weight is 461 g/mol. The quantitative estimate of drug-likeness (QED) is 0.342. The van der Waals surface area contributed by atoms with Gasteiger partial charge in [0, 0.05) is 36.6 Å². The van der Waals surface area contributed by atoms with E-state index in [0.29, 0.717) is 30.9 Å². The highest BCUT2D eigenvalue weighted by Crippen LogP contribution is 2.22. The monoisotopic (exact) mass is 460 g/mol. The average Bonchev–Trinajstić information content (AvgIpc) is 3.06. The number of nitrogens with zero attached hydrogens (tertiary/aromatic N) is 2. The second kappa shape index (κ2) is 9.81. The molecule has 0 bridgehead atoms. The van der Waals surface area contributed by atoms with Crippen molar-refractivity contribution in [3.63, 3.8) is 0 Å². The SMILES string of the molecule is C=CCn1c(C)cc(C(=O)COC(=O)c2cc(S(=O)(=O)N3CCOCC3)ccc2C)c1C. The molecule has 32 heavy (non-hydrogen) atoms. The smallest absolute Gasteiger partial charge is 0.338 e. The fraction of sp³-hybridized carbons (Fsp3) is 0.391. The first-order chi connectivity index (χ1) is 15.2. The Kier molecular flexibility index (Phi) is 7.33. The number of esters is 1. The van der Waals surface area contributed by atoms with E-state index in [9.17, 15) is 18.0 Å². The zero-order valence-corrected chi connectivity index (χ0v) is 19.4. The highest BCUT2D eigenvalue weighted by molar-refractivity contribution is 7.89. The van der Waals surface area contributed by atoms with Gasteiger partial charge < -0.3 is 14.0 Å². The summed E-state index contributed by atoms with van der Waals surface area (Å²) < 4.78 is 39.6. The molecule has 1 aliphatic rings. The van der Waals surface area contributed by atoms with Gasteiger partial charge in [0.1, 0.15) is 0 Å². The number of hydrogen-bond donors (Lipinski definition) is 0. The molecule has 0 radical (unpaired) electrons. The van der Waals surface area contributed by atoms with Gasteiger partial charge >= 0.3 is 5.97 Å². The van der Waals surface area contributed by atoms with Gasteiger partial charge in [-0.25, -0.2) is 13.2 Å². The second-order valence-corrected chi connectivity index (χ2v) is 9.61. The van der Waals surface area contributed by atoms with Crippen LogP contribution in [0.2, 0.25) is 0 Å². The molecule has 1 fully saturated rings. The van der Waals surface area contributed by atoms with Crippen LogP contribution in [0.1, 0.15) is 37.7 Å². The summed E-state index contributed by atoms with van der Waals surface area (Å²) in [6.07, 6.45) is 1.75. The number of rotatable bonds is 8. The number of morpholine rings is 1. The van der Waals surface area contributed by atoms with Crippen molar-refractivity contribution >= 4 is 21.8 Å². The Morgan fingerprint density at radius 2 is 1.81 bits per heavy atom. The summed E-state index contributed by atoms with van der Waals surface area (Å²) >= 11 is 0. The molecule has 2 aromatic rings. The third-order valence-corrected chi connectivity index (χ3v) is 7.45. The second-order valence-electron chi connectivity index (χ2n) is 7.68. The Morgan fingerprint density at radius 3 is 2.47 bits per heavy atom. The van der Waals surface area contributed by atoms with Crippen LogP contribution >= 0.6 is 0 Å². The van der Waals surface area contributed by atoms with E-state index in [1.54, 1.807) is 25.1 Å². The van der Waals surface area contributed by atoms with Gasteiger partial charge in [-0.2, -0.15) is 4.31 Å². The minimum Gasteiger partial charge on any atom is -0.454 e. The van der Waals surface area contributed by atoms with Gasteiger partial charge in [0.05, 0.1) is 23.7 Å². The maximum atomic E-state index is 12.9. The molecule has 1 aliphatic heterocycles. The largest absolute Gasteiger partial charge is 0.454 e. The van der Waals surface area contributed by atoms with Gasteiger partial charge in [0.2, 0.25) is 15.8 Å². The summed E-state index contributed by atoms with van der Waals surface area (Å²) in [5.74, 6) is -1.06. The van der Waals surface area contributed by atoms with Crippen LogP contribution < -0.4 is 0 Å². The lowest BCUT2D eigenvalue weighted by molar-refractivity contribution is 0.0473. The van der Waals surface area contributed by atoms with E-state index < -0.39 is 22.6 Å². The number of benzene rings is 1. The molecular weight excluding hydrogens is 432 g/mol. The van der Waals surface area contributed by atoms with Crippen molar-refractivity contribution in [1.29, 1.82) is 0 Å². The van der Waals surface area contributed by atoms with Crippen molar-refractivity contribution in [2.24, 2.45) is 0 Å². The summed E-state index contributed by atoms with van der Waals surface area (Å²) in [4.78, 5) is 25.4. The van der Waals surface area contributed by atoms with Gasteiger partial charge in [0.15, 0.2) is 6.61 Å². The maximum Gasteiger partial charge on any atom is 0.338 e. The topological polar surface area (TPSA) is 94.9 Å². The van der Waals surface area contributed by atoms with Gasteiger partial charge in [-0.3, -0.25) is 4.79 Å². The Labute approximate surface area is 188 Å². The fourth-order valence-electron chi connectivity index (χ4n) is 3.70. The number of allylic oxidation sites excluding steroid dienone is 1. The molecule has 3 rings (SSSR count). The predicted octanol–water partition coefficient (Wildman–Crippen LogP) is 2.66. The molecule has 0 unspecified atom stereocenters. The first kappa shape index (κ1) is 23.9. The lowest BCUT2D eigenvalue weighted by Gasteiger charge is -2.26. The maximum absolute atomic E-state index is 12.9. The summed E-state index contributed by atoms with van der Waals surface area (Å²) in [5.41, 5.74) is 2.85. The van der Waals surface area contributed by atoms with E-state index in [2.05, 4.69) is 6.58 Å². The van der Waals surface area contributed by atoms with Crippen LogP contribution in [-0.4, -0.2) is 62.0 Å². The van der Waals surface area contributed by atoms with E-state index in [0.717, 1.165) is 11.4 Å². The molecule has 0 amide bonds. The minimum atomic E-state index is -3.75. The van der Waals surface area contributed by atoms with Crippen LogP contribution in [0.25, 0.3) is 0 Å². The fourth-order valence-corrected chi connectivity index (χ4v) is 5.13. The molecule has 1 aromatic heterocycles. The molecule has 0 atom stereocenters. The molecule has 2 heterocycles. The van der Waals surface area contributed by atoms with Crippen molar-refractivity contribution < 1.29 is 27.5 Å². The third kappa shape index (κ3) is 4.85. The van der Waals surface area contributed by atoms with Gasteiger partial charge in [-0.05, 0) is 44.5 Å². The molecular formula is C23H28N2O6S. The molecule has 0 N–H and O–H groups in total. The number of aromatic nitrogens is 1. The minimum absolute atomic E-state index is 0.0104. The van der Waals surface area contributed by atoms with Crippen molar-refractivity contribution in [3.8, 4) is 0 Å².